The Bertz CT molecular complexity index is 1120. The quantitative estimate of drug-likeness (QED) is 0.518. The van der Waals surface area contributed by atoms with E-state index in [1.807, 2.05) is 6.07 Å². The first-order chi connectivity index (χ1) is 14.3. The van der Waals surface area contributed by atoms with E-state index >= 15 is 0 Å². The van der Waals surface area contributed by atoms with E-state index in [9.17, 15) is 13.6 Å². The number of nitriles is 1. The molecule has 0 saturated heterocycles. The van der Waals surface area contributed by atoms with Crippen molar-refractivity contribution in [2.24, 2.45) is 0 Å². The summed E-state index contributed by atoms with van der Waals surface area (Å²) in [5.41, 5.74) is 1.60. The van der Waals surface area contributed by atoms with E-state index in [1.165, 1.54) is 6.07 Å². The Morgan fingerprint density at radius 2 is 2.03 bits per heavy atom. The van der Waals surface area contributed by atoms with Gasteiger partial charge in [0.25, 0.3) is 5.91 Å². The molecule has 1 N–H and O–H groups in total. The highest BCUT2D eigenvalue weighted by atomic mass is 35.5. The van der Waals surface area contributed by atoms with Crippen molar-refractivity contribution in [3.63, 3.8) is 0 Å². The molecule has 1 aromatic carbocycles. The number of fused-ring (bicyclic) bond motifs is 1. The number of ether oxygens (including phenoxy) is 1. The molecule has 10 heteroatoms. The molecule has 0 aliphatic rings. The van der Waals surface area contributed by atoms with Gasteiger partial charge in [0.15, 0.2) is 11.4 Å². The second-order valence-corrected chi connectivity index (χ2v) is 7.11. The SMILES string of the molecule is Cc1cc(OCc2c(F)cccc2F)c2nc(C)c(C(=O)NC(CCl)CC#N)n2c1.Cl. The number of carbonyl (C=O) groups is 1. The predicted octanol–water partition coefficient (Wildman–Crippen LogP) is 4.48. The molecule has 0 radical (unpaired) electrons. The molecule has 6 nitrogen and oxygen atoms in total. The number of halogens is 4. The molecule has 0 spiro atoms. The van der Waals surface area contributed by atoms with E-state index in [2.05, 4.69) is 10.3 Å². The third kappa shape index (κ3) is 5.24. The first-order valence-corrected chi connectivity index (χ1v) is 9.68. The average molecular weight is 469 g/mol. The van der Waals surface area contributed by atoms with Gasteiger partial charge in [-0.15, -0.1) is 24.0 Å². The summed E-state index contributed by atoms with van der Waals surface area (Å²) in [6.07, 6.45) is 1.79. The molecule has 1 atom stereocenters. The zero-order valence-electron chi connectivity index (χ0n) is 16.8. The van der Waals surface area contributed by atoms with Gasteiger partial charge in [0, 0.05) is 12.1 Å². The van der Waals surface area contributed by atoms with Gasteiger partial charge < -0.3 is 10.1 Å². The number of aryl methyl sites for hydroxylation is 2. The van der Waals surface area contributed by atoms with Crippen LogP contribution in [0.1, 0.15) is 33.7 Å². The fraction of sp³-hybridized carbons (Fsp3) is 0.286. The third-order valence-corrected chi connectivity index (χ3v) is 4.88. The molecule has 0 bridgehead atoms. The van der Waals surface area contributed by atoms with Crippen LogP contribution in [0.3, 0.4) is 0 Å². The third-order valence-electron chi connectivity index (χ3n) is 4.51. The van der Waals surface area contributed by atoms with Crippen LogP contribution < -0.4 is 10.1 Å². The van der Waals surface area contributed by atoms with E-state index in [4.69, 9.17) is 21.6 Å². The Labute approximate surface area is 189 Å². The predicted molar refractivity (Wildman–Crippen MR) is 115 cm³/mol. The highest BCUT2D eigenvalue weighted by molar-refractivity contribution is 6.18. The summed E-state index contributed by atoms with van der Waals surface area (Å²) in [6, 6.07) is 6.75. The van der Waals surface area contributed by atoms with Crippen molar-refractivity contribution in [1.82, 2.24) is 14.7 Å². The van der Waals surface area contributed by atoms with Crippen molar-refractivity contribution >= 4 is 35.6 Å². The molecule has 1 amide bonds. The van der Waals surface area contributed by atoms with Gasteiger partial charge in [0.1, 0.15) is 23.9 Å². The first kappa shape index (κ1) is 24.4. The standard InChI is InChI=1S/C21H19ClF2N4O2.ClH/c1-12-8-18(30-11-15-16(23)4-3-5-17(15)24)20-26-13(2)19(28(20)10-12)21(29)27-14(9-22)6-7-25;/h3-5,8,10,14H,6,9,11H2,1-2H3,(H,27,29);1H. The van der Waals surface area contributed by atoms with Crippen molar-refractivity contribution in [3.8, 4) is 11.8 Å². The molecule has 0 aliphatic heterocycles. The van der Waals surface area contributed by atoms with E-state index < -0.39 is 23.6 Å². The molecule has 0 aliphatic carbocycles. The maximum Gasteiger partial charge on any atom is 0.270 e. The van der Waals surface area contributed by atoms with Crippen LogP contribution in [0.25, 0.3) is 5.65 Å². The van der Waals surface area contributed by atoms with Crippen LogP contribution in [-0.2, 0) is 6.61 Å². The fourth-order valence-corrected chi connectivity index (χ4v) is 3.25. The molecule has 31 heavy (non-hydrogen) atoms. The maximum absolute atomic E-state index is 13.9. The number of carbonyl (C=O) groups excluding carboxylic acids is 1. The first-order valence-electron chi connectivity index (χ1n) is 9.14. The minimum absolute atomic E-state index is 0. The Balaban J connectivity index is 0.00000341. The lowest BCUT2D eigenvalue weighted by atomic mass is 10.2. The molecule has 3 rings (SSSR count). The minimum Gasteiger partial charge on any atom is -0.485 e. The molecule has 164 valence electrons. The van der Waals surface area contributed by atoms with Crippen LogP contribution in [0.4, 0.5) is 8.78 Å². The highest BCUT2D eigenvalue weighted by Gasteiger charge is 2.22. The molecule has 0 saturated carbocycles. The van der Waals surface area contributed by atoms with Crippen molar-refractivity contribution in [1.29, 1.82) is 5.26 Å². The van der Waals surface area contributed by atoms with Gasteiger partial charge in [0.2, 0.25) is 0 Å². The molecule has 2 aromatic heterocycles. The molecule has 1 unspecified atom stereocenters. The smallest absolute Gasteiger partial charge is 0.270 e. The number of pyridine rings is 1. The lowest BCUT2D eigenvalue weighted by Gasteiger charge is -2.14. The van der Waals surface area contributed by atoms with Crippen LogP contribution in [0.2, 0.25) is 0 Å². The maximum atomic E-state index is 13.9. The number of alkyl halides is 1. The van der Waals surface area contributed by atoms with E-state index in [-0.39, 0.29) is 48.3 Å². The number of hydrogen-bond donors (Lipinski definition) is 1. The summed E-state index contributed by atoms with van der Waals surface area (Å²) in [6.45, 7) is 3.13. The van der Waals surface area contributed by atoms with Crippen molar-refractivity contribution in [2.75, 3.05) is 5.88 Å². The largest absolute Gasteiger partial charge is 0.485 e. The number of aromatic nitrogens is 2. The molecular formula is C21H20Cl2F2N4O2. The van der Waals surface area contributed by atoms with Gasteiger partial charge in [0.05, 0.1) is 29.8 Å². The highest BCUT2D eigenvalue weighted by Crippen LogP contribution is 2.26. The topological polar surface area (TPSA) is 79.4 Å². The summed E-state index contributed by atoms with van der Waals surface area (Å²) in [4.78, 5) is 17.2. The second kappa shape index (κ2) is 10.4. The lowest BCUT2D eigenvalue weighted by molar-refractivity contribution is 0.0934. The van der Waals surface area contributed by atoms with Crippen LogP contribution in [0.15, 0.2) is 30.5 Å². The zero-order chi connectivity index (χ0) is 21.8. The van der Waals surface area contributed by atoms with Gasteiger partial charge in [-0.05, 0) is 37.6 Å². The minimum atomic E-state index is -0.706. The van der Waals surface area contributed by atoms with E-state index in [0.717, 1.165) is 17.7 Å². The van der Waals surface area contributed by atoms with Crippen LogP contribution >= 0.6 is 24.0 Å². The molecule has 3 aromatic rings. The molecule has 0 fully saturated rings. The van der Waals surface area contributed by atoms with Crippen LogP contribution in [0.5, 0.6) is 5.75 Å². The number of hydrogen-bond acceptors (Lipinski definition) is 4. The van der Waals surface area contributed by atoms with Crippen LogP contribution in [0, 0.1) is 36.8 Å². The summed E-state index contributed by atoms with van der Waals surface area (Å²) in [5.74, 6) is -1.47. The van der Waals surface area contributed by atoms with E-state index in [0.29, 0.717) is 11.3 Å². The molecule has 2 heterocycles. The number of nitrogens with one attached hydrogen (secondary N) is 1. The fourth-order valence-electron chi connectivity index (χ4n) is 3.07. The second-order valence-electron chi connectivity index (χ2n) is 6.80. The summed E-state index contributed by atoms with van der Waals surface area (Å²) < 4.78 is 35.1. The Morgan fingerprint density at radius 3 is 2.65 bits per heavy atom. The summed E-state index contributed by atoms with van der Waals surface area (Å²) >= 11 is 5.82. The zero-order valence-corrected chi connectivity index (χ0v) is 18.4. The van der Waals surface area contributed by atoms with E-state index in [1.54, 1.807) is 30.5 Å². The monoisotopic (exact) mass is 468 g/mol. The molecular weight excluding hydrogens is 449 g/mol. The number of rotatable bonds is 7. The van der Waals surface area contributed by atoms with Crippen LogP contribution in [-0.4, -0.2) is 27.2 Å². The van der Waals surface area contributed by atoms with Gasteiger partial charge in [-0.1, -0.05) is 6.07 Å². The van der Waals surface area contributed by atoms with Crippen molar-refractivity contribution in [2.45, 2.75) is 32.9 Å². The number of amides is 1. The average Bonchev–Trinajstić information content (AvgIpc) is 3.02. The number of benzene rings is 1. The van der Waals surface area contributed by atoms with Gasteiger partial charge in [-0.2, -0.15) is 5.26 Å². The van der Waals surface area contributed by atoms with Gasteiger partial charge in [-0.25, -0.2) is 13.8 Å². The summed E-state index contributed by atoms with van der Waals surface area (Å²) in [5, 5.41) is 11.6. The lowest BCUT2D eigenvalue weighted by Crippen LogP contribution is -2.36. The Morgan fingerprint density at radius 1 is 1.35 bits per heavy atom. The number of nitrogens with zero attached hydrogens (tertiary/aromatic N) is 3. The van der Waals surface area contributed by atoms with Gasteiger partial charge >= 0.3 is 0 Å². The van der Waals surface area contributed by atoms with Gasteiger partial charge in [-0.3, -0.25) is 9.20 Å². The Kier molecular flexibility index (Phi) is 8.20. The van der Waals surface area contributed by atoms with Crippen molar-refractivity contribution < 1.29 is 18.3 Å². The normalized spacial score (nSPS) is 11.5. The Hall–Kier alpha value is -2.89. The summed E-state index contributed by atoms with van der Waals surface area (Å²) in [7, 11) is 0. The van der Waals surface area contributed by atoms with Crippen molar-refractivity contribution in [3.05, 3.63) is 64.6 Å². The number of imidazole rings is 1.